The second kappa shape index (κ2) is 4.86. The molecule has 0 aliphatic carbocycles. The number of carbonyl (C=O) groups excluding carboxylic acids is 1. The number of nitrogens with zero attached hydrogens (tertiary/aromatic N) is 2. The number of rotatable bonds is 4. The van der Waals surface area contributed by atoms with Gasteiger partial charge in [0.15, 0.2) is 5.76 Å². The number of anilines is 1. The molecule has 0 radical (unpaired) electrons. The summed E-state index contributed by atoms with van der Waals surface area (Å²) in [6.45, 7) is 0. The minimum atomic E-state index is -3.70. The number of amides is 1. The lowest BCUT2D eigenvalue weighted by Crippen LogP contribution is -2.18. The van der Waals surface area contributed by atoms with Crippen molar-refractivity contribution in [1.82, 2.24) is 14.5 Å². The van der Waals surface area contributed by atoms with Crippen molar-refractivity contribution in [1.29, 1.82) is 0 Å². The first-order valence-electron chi connectivity index (χ1n) is 5.27. The lowest BCUT2D eigenvalue weighted by molar-refractivity contribution is 0.0990. The van der Waals surface area contributed by atoms with E-state index in [1.54, 1.807) is 13.1 Å². The Morgan fingerprint density at radius 3 is 2.68 bits per heavy atom. The van der Waals surface area contributed by atoms with Gasteiger partial charge in [0.05, 0.1) is 6.20 Å². The fraction of sp³-hybridized carbons (Fsp3) is 0.200. The zero-order valence-corrected chi connectivity index (χ0v) is 11.1. The lowest BCUT2D eigenvalue weighted by atomic mass is 10.4. The van der Waals surface area contributed by atoms with Gasteiger partial charge in [0.1, 0.15) is 5.82 Å². The van der Waals surface area contributed by atoms with E-state index in [4.69, 9.17) is 4.42 Å². The molecule has 0 aromatic carbocycles. The van der Waals surface area contributed by atoms with Crippen LogP contribution in [-0.2, 0) is 17.1 Å². The van der Waals surface area contributed by atoms with Crippen molar-refractivity contribution < 1.29 is 17.6 Å². The van der Waals surface area contributed by atoms with E-state index in [2.05, 4.69) is 15.1 Å². The summed E-state index contributed by atoms with van der Waals surface area (Å²) in [5, 5.41) is 6.11. The summed E-state index contributed by atoms with van der Waals surface area (Å²) in [5.41, 5.74) is 0. The molecule has 0 aliphatic rings. The zero-order valence-electron chi connectivity index (χ0n) is 10.2. The van der Waals surface area contributed by atoms with Gasteiger partial charge in [-0.05, 0) is 19.2 Å². The van der Waals surface area contributed by atoms with Crippen LogP contribution in [0.2, 0.25) is 0 Å². The molecule has 0 atom stereocenters. The first kappa shape index (κ1) is 13.3. The molecule has 0 saturated heterocycles. The van der Waals surface area contributed by atoms with Gasteiger partial charge < -0.3 is 9.73 Å². The van der Waals surface area contributed by atoms with Crippen molar-refractivity contribution in [2.75, 3.05) is 12.4 Å². The van der Waals surface area contributed by atoms with Gasteiger partial charge in [0, 0.05) is 13.1 Å². The third-order valence-corrected chi connectivity index (χ3v) is 3.69. The van der Waals surface area contributed by atoms with Crippen LogP contribution < -0.4 is 10.0 Å². The minimum absolute atomic E-state index is 0.102. The van der Waals surface area contributed by atoms with E-state index in [0.29, 0.717) is 5.82 Å². The summed E-state index contributed by atoms with van der Waals surface area (Å²) in [6, 6.07) is 4.10. The van der Waals surface area contributed by atoms with Crippen LogP contribution in [0.5, 0.6) is 0 Å². The number of nitrogens with one attached hydrogen (secondary N) is 2. The molecule has 0 aliphatic heterocycles. The van der Waals surface area contributed by atoms with Crippen LogP contribution in [-0.4, -0.2) is 31.2 Å². The Morgan fingerprint density at radius 2 is 2.11 bits per heavy atom. The van der Waals surface area contributed by atoms with Crippen molar-refractivity contribution >= 4 is 21.7 Å². The molecule has 8 nitrogen and oxygen atoms in total. The maximum atomic E-state index is 11.8. The van der Waals surface area contributed by atoms with E-state index in [1.165, 1.54) is 30.1 Å². The van der Waals surface area contributed by atoms with Crippen LogP contribution in [0, 0.1) is 0 Å². The number of aromatic nitrogens is 2. The molecule has 2 N–H and O–H groups in total. The molecule has 0 unspecified atom stereocenters. The fourth-order valence-electron chi connectivity index (χ4n) is 1.36. The van der Waals surface area contributed by atoms with Gasteiger partial charge in [-0.3, -0.25) is 9.48 Å². The summed E-state index contributed by atoms with van der Waals surface area (Å²) in [4.78, 5) is 11.8. The van der Waals surface area contributed by atoms with E-state index < -0.39 is 15.9 Å². The van der Waals surface area contributed by atoms with E-state index in [-0.39, 0.29) is 10.9 Å². The normalized spacial score (nSPS) is 11.5. The molecule has 19 heavy (non-hydrogen) atoms. The number of aryl methyl sites for hydroxylation is 1. The first-order valence-corrected chi connectivity index (χ1v) is 6.75. The number of hydrogen-bond donors (Lipinski definition) is 2. The highest BCUT2D eigenvalue weighted by Gasteiger charge is 2.19. The summed E-state index contributed by atoms with van der Waals surface area (Å²) < 4.78 is 31.5. The Bertz CT molecular complexity index is 701. The van der Waals surface area contributed by atoms with Crippen LogP contribution in [0.1, 0.15) is 10.6 Å². The second-order valence-corrected chi connectivity index (χ2v) is 5.44. The van der Waals surface area contributed by atoms with Crippen molar-refractivity contribution in [2.45, 2.75) is 5.09 Å². The molecule has 2 aromatic rings. The third kappa shape index (κ3) is 2.66. The van der Waals surface area contributed by atoms with Gasteiger partial charge in [-0.1, -0.05) is 0 Å². The number of carbonyl (C=O) groups is 1. The van der Waals surface area contributed by atoms with Crippen molar-refractivity contribution in [3.8, 4) is 0 Å². The number of sulfonamides is 1. The Balaban J connectivity index is 2.20. The molecular weight excluding hydrogens is 272 g/mol. The van der Waals surface area contributed by atoms with E-state index >= 15 is 0 Å². The highest BCUT2D eigenvalue weighted by molar-refractivity contribution is 7.89. The van der Waals surface area contributed by atoms with Crippen LogP contribution in [0.25, 0.3) is 0 Å². The van der Waals surface area contributed by atoms with E-state index in [0.717, 1.165) is 0 Å². The first-order chi connectivity index (χ1) is 8.94. The summed E-state index contributed by atoms with van der Waals surface area (Å²) >= 11 is 0. The average Bonchev–Trinajstić information content (AvgIpc) is 2.99. The third-order valence-electron chi connectivity index (χ3n) is 2.40. The monoisotopic (exact) mass is 284 g/mol. The molecule has 0 spiro atoms. The van der Waals surface area contributed by atoms with Crippen LogP contribution in [0.15, 0.2) is 33.9 Å². The quantitative estimate of drug-likeness (QED) is 0.832. The number of furan rings is 1. The predicted molar refractivity (Wildman–Crippen MR) is 66.1 cm³/mol. The molecule has 0 fully saturated rings. The fourth-order valence-corrected chi connectivity index (χ4v) is 2.01. The van der Waals surface area contributed by atoms with E-state index in [1.807, 2.05) is 0 Å². The van der Waals surface area contributed by atoms with Gasteiger partial charge in [-0.15, -0.1) is 0 Å². The molecule has 1 amide bonds. The van der Waals surface area contributed by atoms with Crippen LogP contribution in [0.3, 0.4) is 0 Å². The van der Waals surface area contributed by atoms with Crippen molar-refractivity contribution in [2.24, 2.45) is 7.05 Å². The Labute approximate surface area is 109 Å². The SMILES string of the molecule is CNS(=O)(=O)c1ccc(C(=O)Nc2ccnn2C)o1. The van der Waals surface area contributed by atoms with Gasteiger partial charge in [-0.25, -0.2) is 13.1 Å². The predicted octanol–water partition coefficient (Wildman–Crippen LogP) is 0.173. The average molecular weight is 284 g/mol. The molecule has 2 rings (SSSR count). The highest BCUT2D eigenvalue weighted by atomic mass is 32.2. The topological polar surface area (TPSA) is 106 Å². The molecule has 2 heterocycles. The molecular formula is C10H12N4O4S. The molecule has 9 heteroatoms. The summed E-state index contributed by atoms with van der Waals surface area (Å²) in [5.74, 6) is -0.185. The standard InChI is InChI=1S/C10H12N4O4S/c1-11-19(16,17)9-4-3-7(18-9)10(15)13-8-5-6-12-14(8)2/h3-6,11H,1-2H3,(H,13,15). The Kier molecular flexibility index (Phi) is 3.40. The lowest BCUT2D eigenvalue weighted by Gasteiger charge is -2.02. The van der Waals surface area contributed by atoms with Gasteiger partial charge >= 0.3 is 0 Å². The molecule has 0 bridgehead atoms. The van der Waals surface area contributed by atoms with Gasteiger partial charge in [0.25, 0.3) is 15.9 Å². The maximum absolute atomic E-state index is 11.8. The van der Waals surface area contributed by atoms with Gasteiger partial charge in [0.2, 0.25) is 5.09 Å². The van der Waals surface area contributed by atoms with Crippen molar-refractivity contribution in [3.05, 3.63) is 30.2 Å². The zero-order chi connectivity index (χ0) is 14.0. The highest BCUT2D eigenvalue weighted by Crippen LogP contribution is 2.15. The molecule has 102 valence electrons. The number of hydrogen-bond acceptors (Lipinski definition) is 5. The van der Waals surface area contributed by atoms with E-state index in [9.17, 15) is 13.2 Å². The van der Waals surface area contributed by atoms with Gasteiger partial charge in [-0.2, -0.15) is 5.10 Å². The Morgan fingerprint density at radius 1 is 1.37 bits per heavy atom. The second-order valence-electron chi connectivity index (χ2n) is 3.62. The minimum Gasteiger partial charge on any atom is -0.438 e. The Hall–Kier alpha value is -2.13. The smallest absolute Gasteiger partial charge is 0.292 e. The summed E-state index contributed by atoms with van der Waals surface area (Å²) in [6.07, 6.45) is 1.52. The van der Waals surface area contributed by atoms with Crippen molar-refractivity contribution in [3.63, 3.8) is 0 Å². The van der Waals surface area contributed by atoms with Crippen LogP contribution >= 0.6 is 0 Å². The molecule has 2 aromatic heterocycles. The molecule has 0 saturated carbocycles. The largest absolute Gasteiger partial charge is 0.438 e. The van der Waals surface area contributed by atoms with Crippen LogP contribution in [0.4, 0.5) is 5.82 Å². The summed E-state index contributed by atoms with van der Waals surface area (Å²) in [7, 11) is -0.777. The maximum Gasteiger partial charge on any atom is 0.292 e.